The highest BCUT2D eigenvalue weighted by atomic mass is 16.5. The molecular weight excluding hydrogens is 304 g/mol. The molecule has 0 unspecified atom stereocenters. The highest BCUT2D eigenvalue weighted by molar-refractivity contribution is 6.02. The number of hydrogen-bond donors (Lipinski definition) is 2. The summed E-state index contributed by atoms with van der Waals surface area (Å²) in [4.78, 5) is 27.4. The van der Waals surface area contributed by atoms with Gasteiger partial charge in [0.1, 0.15) is 11.4 Å². The average Bonchev–Trinajstić information content (AvgIpc) is 2.82. The Balaban J connectivity index is 2.29. The zero-order chi connectivity index (χ0) is 18.0. The van der Waals surface area contributed by atoms with Crippen molar-refractivity contribution in [3.8, 4) is 5.75 Å². The number of methoxy groups -OCH3 is 1. The van der Waals surface area contributed by atoms with Crippen molar-refractivity contribution in [3.05, 3.63) is 51.8 Å². The van der Waals surface area contributed by atoms with E-state index in [1.807, 2.05) is 32.0 Å². The van der Waals surface area contributed by atoms with Crippen LogP contribution in [0.1, 0.15) is 63.1 Å². The van der Waals surface area contributed by atoms with Crippen molar-refractivity contribution in [2.75, 3.05) is 7.11 Å². The number of hydrogen-bond acceptors (Lipinski definition) is 3. The Morgan fingerprint density at radius 3 is 2.42 bits per heavy atom. The molecule has 5 heteroatoms. The summed E-state index contributed by atoms with van der Waals surface area (Å²) in [5, 5.41) is 2.97. The first-order valence-electron chi connectivity index (χ1n) is 7.91. The molecule has 5 nitrogen and oxygen atoms in total. The van der Waals surface area contributed by atoms with Gasteiger partial charge in [0, 0.05) is 16.8 Å². The van der Waals surface area contributed by atoms with Crippen molar-refractivity contribution in [1.29, 1.82) is 0 Å². The lowest BCUT2D eigenvalue weighted by Gasteiger charge is -2.18. The second-order valence-corrected chi connectivity index (χ2v) is 6.12. The number of nitrogens with one attached hydrogen (secondary N) is 2. The molecule has 0 saturated carbocycles. The predicted octanol–water partition coefficient (Wildman–Crippen LogP) is 3.64. The van der Waals surface area contributed by atoms with E-state index in [4.69, 9.17) is 4.74 Å². The molecule has 2 N–H and O–H groups in total. The average molecular weight is 328 g/mol. The first-order chi connectivity index (χ1) is 11.3. The second-order valence-electron chi connectivity index (χ2n) is 6.12. The molecule has 0 aliphatic carbocycles. The van der Waals surface area contributed by atoms with Gasteiger partial charge < -0.3 is 15.0 Å². The van der Waals surface area contributed by atoms with Crippen LogP contribution in [0.3, 0.4) is 0 Å². The molecule has 1 aromatic carbocycles. The van der Waals surface area contributed by atoms with Gasteiger partial charge >= 0.3 is 0 Å². The molecular formula is C19H24N2O3. The van der Waals surface area contributed by atoms with Gasteiger partial charge in [0.15, 0.2) is 5.78 Å². The number of carbonyl (C=O) groups is 2. The highest BCUT2D eigenvalue weighted by Crippen LogP contribution is 2.27. The Morgan fingerprint density at radius 1 is 1.21 bits per heavy atom. The van der Waals surface area contributed by atoms with Gasteiger partial charge in [-0.25, -0.2) is 0 Å². The SMILES string of the molecule is COc1ccc(C)cc1[C@@H](C)NC(=O)c1[nH]c(C)c(C(C)=O)c1C. The zero-order valence-electron chi connectivity index (χ0n) is 15.0. The second kappa shape index (κ2) is 6.91. The van der Waals surface area contributed by atoms with E-state index in [0.29, 0.717) is 22.5 Å². The fourth-order valence-electron chi connectivity index (χ4n) is 3.04. The van der Waals surface area contributed by atoms with Crippen molar-refractivity contribution in [2.24, 2.45) is 0 Å². The first kappa shape index (κ1) is 17.8. The predicted molar refractivity (Wildman–Crippen MR) is 93.9 cm³/mol. The Labute approximate surface area is 142 Å². The number of Topliss-reactive ketones (excluding diaryl/α,β-unsaturated/α-hetero) is 1. The van der Waals surface area contributed by atoms with Gasteiger partial charge in [0.2, 0.25) is 0 Å². The minimum Gasteiger partial charge on any atom is -0.496 e. The molecule has 2 rings (SSSR count). The third-order valence-electron chi connectivity index (χ3n) is 4.22. The Bertz CT molecular complexity index is 790. The molecule has 2 aromatic rings. The third-order valence-corrected chi connectivity index (χ3v) is 4.22. The molecule has 0 aliphatic rings. The van der Waals surface area contributed by atoms with E-state index in [-0.39, 0.29) is 17.7 Å². The van der Waals surface area contributed by atoms with Crippen LogP contribution in [-0.4, -0.2) is 23.8 Å². The van der Waals surface area contributed by atoms with Crippen LogP contribution >= 0.6 is 0 Å². The van der Waals surface area contributed by atoms with E-state index in [0.717, 1.165) is 16.9 Å². The van der Waals surface area contributed by atoms with Crippen molar-refractivity contribution >= 4 is 11.7 Å². The van der Waals surface area contributed by atoms with Gasteiger partial charge in [-0.15, -0.1) is 0 Å². The van der Waals surface area contributed by atoms with E-state index in [1.165, 1.54) is 6.92 Å². The van der Waals surface area contributed by atoms with E-state index < -0.39 is 0 Å². The number of benzene rings is 1. The first-order valence-corrected chi connectivity index (χ1v) is 7.91. The number of aromatic nitrogens is 1. The van der Waals surface area contributed by atoms with Gasteiger partial charge in [0.05, 0.1) is 13.2 Å². The summed E-state index contributed by atoms with van der Waals surface area (Å²) < 4.78 is 5.38. The number of H-pyrrole nitrogens is 1. The number of aromatic amines is 1. The molecule has 1 amide bonds. The topological polar surface area (TPSA) is 71.2 Å². The summed E-state index contributed by atoms with van der Waals surface area (Å²) in [6, 6.07) is 5.63. The summed E-state index contributed by atoms with van der Waals surface area (Å²) in [5.74, 6) is 0.449. The number of ether oxygens (including phenoxy) is 1. The molecule has 128 valence electrons. The summed E-state index contributed by atoms with van der Waals surface area (Å²) in [5.41, 5.74) is 4.42. The maximum absolute atomic E-state index is 12.6. The van der Waals surface area contributed by atoms with Crippen LogP contribution in [-0.2, 0) is 0 Å². The van der Waals surface area contributed by atoms with Crippen LogP contribution < -0.4 is 10.1 Å². The van der Waals surface area contributed by atoms with Gasteiger partial charge in [-0.1, -0.05) is 17.7 Å². The van der Waals surface area contributed by atoms with Gasteiger partial charge in [0.25, 0.3) is 5.91 Å². The smallest absolute Gasteiger partial charge is 0.268 e. The maximum Gasteiger partial charge on any atom is 0.268 e. The molecule has 0 aliphatic heterocycles. The quantitative estimate of drug-likeness (QED) is 0.823. The van der Waals surface area contributed by atoms with E-state index >= 15 is 0 Å². The van der Waals surface area contributed by atoms with Crippen LogP contribution in [0.2, 0.25) is 0 Å². The van der Waals surface area contributed by atoms with Crippen LogP contribution in [0.5, 0.6) is 5.75 Å². The Hall–Kier alpha value is -2.56. The molecule has 1 heterocycles. The Morgan fingerprint density at radius 2 is 1.88 bits per heavy atom. The zero-order valence-corrected chi connectivity index (χ0v) is 15.0. The van der Waals surface area contributed by atoms with Gasteiger partial charge in [-0.2, -0.15) is 0 Å². The number of ketones is 1. The standard InChI is InChI=1S/C19H24N2O3/c1-10-7-8-16(24-6)15(9-10)12(3)21-19(23)18-11(2)17(14(5)22)13(4)20-18/h7-9,12,20H,1-6H3,(H,21,23)/t12-/m1/s1. The van der Waals surface area contributed by atoms with Crippen LogP contribution in [0.4, 0.5) is 0 Å². The molecule has 24 heavy (non-hydrogen) atoms. The maximum atomic E-state index is 12.6. The minimum atomic E-state index is -0.237. The molecule has 0 fully saturated rings. The van der Waals surface area contributed by atoms with Crippen molar-refractivity contribution in [3.63, 3.8) is 0 Å². The van der Waals surface area contributed by atoms with Crippen molar-refractivity contribution < 1.29 is 14.3 Å². The number of aryl methyl sites for hydroxylation is 2. The lowest BCUT2D eigenvalue weighted by molar-refractivity contribution is 0.0934. The molecule has 0 spiro atoms. The van der Waals surface area contributed by atoms with Crippen LogP contribution in [0.25, 0.3) is 0 Å². The van der Waals surface area contributed by atoms with Crippen LogP contribution in [0, 0.1) is 20.8 Å². The van der Waals surface area contributed by atoms with Gasteiger partial charge in [-0.05, 0) is 46.2 Å². The summed E-state index contributed by atoms with van der Waals surface area (Å²) >= 11 is 0. The number of carbonyl (C=O) groups excluding carboxylic acids is 2. The fraction of sp³-hybridized carbons (Fsp3) is 0.368. The van der Waals surface area contributed by atoms with E-state index in [9.17, 15) is 9.59 Å². The van der Waals surface area contributed by atoms with E-state index in [1.54, 1.807) is 21.0 Å². The van der Waals surface area contributed by atoms with Crippen molar-refractivity contribution in [2.45, 2.75) is 40.7 Å². The monoisotopic (exact) mass is 328 g/mol. The summed E-state index contributed by atoms with van der Waals surface area (Å²) in [6.07, 6.45) is 0. The van der Waals surface area contributed by atoms with Crippen molar-refractivity contribution in [1.82, 2.24) is 10.3 Å². The van der Waals surface area contributed by atoms with Crippen LogP contribution in [0.15, 0.2) is 18.2 Å². The molecule has 1 atom stereocenters. The third kappa shape index (κ3) is 3.35. The molecule has 1 aromatic heterocycles. The lowest BCUT2D eigenvalue weighted by Crippen LogP contribution is -2.28. The summed E-state index contributed by atoms with van der Waals surface area (Å²) in [7, 11) is 1.61. The molecule has 0 bridgehead atoms. The lowest BCUT2D eigenvalue weighted by atomic mass is 10.0. The normalized spacial score (nSPS) is 11.9. The van der Waals surface area contributed by atoms with E-state index in [2.05, 4.69) is 10.3 Å². The molecule has 0 radical (unpaired) electrons. The molecule has 0 saturated heterocycles. The summed E-state index contributed by atoms with van der Waals surface area (Å²) in [6.45, 7) is 8.99. The Kier molecular flexibility index (Phi) is 5.12. The number of rotatable bonds is 5. The fourth-order valence-corrected chi connectivity index (χ4v) is 3.04. The minimum absolute atomic E-state index is 0.0475. The highest BCUT2D eigenvalue weighted by Gasteiger charge is 2.22. The van der Waals surface area contributed by atoms with Gasteiger partial charge in [-0.3, -0.25) is 9.59 Å². The number of amides is 1. The largest absolute Gasteiger partial charge is 0.496 e.